The fraction of sp³-hybridized carbons (Fsp3) is 0.739. The van der Waals surface area contributed by atoms with Crippen LogP contribution in [0.4, 0.5) is 0 Å². The van der Waals surface area contributed by atoms with Crippen LogP contribution in [0.25, 0.3) is 0 Å². The second-order valence-electron chi connectivity index (χ2n) is 8.97. The second-order valence-corrected chi connectivity index (χ2v) is 8.97. The van der Waals surface area contributed by atoms with Gasteiger partial charge >= 0.3 is 0 Å². The normalized spacial score (nSPS) is 28.4. The molecule has 0 bridgehead atoms. The summed E-state index contributed by atoms with van der Waals surface area (Å²) in [6.45, 7) is 6.82. The number of rotatable bonds is 5. The van der Waals surface area contributed by atoms with Gasteiger partial charge in [0.05, 0.1) is 12.1 Å². The average molecular weight is 372 g/mol. The van der Waals surface area contributed by atoms with Crippen LogP contribution in [0.15, 0.2) is 24.3 Å². The van der Waals surface area contributed by atoms with Gasteiger partial charge < -0.3 is 15.3 Å². The maximum atomic E-state index is 11.5. The molecule has 27 heavy (non-hydrogen) atoms. The Morgan fingerprint density at radius 3 is 2.56 bits per heavy atom. The van der Waals surface area contributed by atoms with Gasteiger partial charge in [0.2, 0.25) is 0 Å². The van der Waals surface area contributed by atoms with E-state index in [-0.39, 0.29) is 17.6 Å². The number of aliphatic hydroxyl groups excluding tert-OH is 1. The molecule has 4 rings (SSSR count). The number of likely N-dealkylation sites (N-methyl/N-ethyl adjacent to an activating group) is 1. The van der Waals surface area contributed by atoms with Crippen molar-refractivity contribution in [1.82, 2.24) is 15.1 Å². The SMILES string of the molecule is CN(CCCN1CCCCCC1)[C@@H]1c2ccccc2C2(CCNCC2)[C@H]1O. The second kappa shape index (κ2) is 8.60. The molecule has 2 heterocycles. The van der Waals surface area contributed by atoms with Crippen LogP contribution in [0.2, 0.25) is 0 Å². The molecule has 4 nitrogen and oxygen atoms in total. The van der Waals surface area contributed by atoms with E-state index in [1.165, 1.54) is 62.9 Å². The minimum atomic E-state index is -0.291. The van der Waals surface area contributed by atoms with E-state index in [9.17, 15) is 5.11 Å². The van der Waals surface area contributed by atoms with Crippen LogP contribution < -0.4 is 5.32 Å². The number of benzene rings is 1. The highest BCUT2D eigenvalue weighted by atomic mass is 16.3. The number of fused-ring (bicyclic) bond motifs is 2. The molecule has 2 N–H and O–H groups in total. The Morgan fingerprint density at radius 2 is 1.81 bits per heavy atom. The summed E-state index contributed by atoms with van der Waals surface area (Å²) < 4.78 is 0. The van der Waals surface area contributed by atoms with Crippen molar-refractivity contribution in [3.63, 3.8) is 0 Å². The number of hydrogen-bond acceptors (Lipinski definition) is 4. The number of likely N-dealkylation sites (tertiary alicyclic amines) is 1. The molecule has 2 fully saturated rings. The van der Waals surface area contributed by atoms with Crippen molar-refractivity contribution >= 4 is 0 Å². The summed E-state index contributed by atoms with van der Waals surface area (Å²) in [5, 5.41) is 14.9. The first-order valence-electron chi connectivity index (χ1n) is 11.1. The molecule has 4 heteroatoms. The highest BCUT2D eigenvalue weighted by Gasteiger charge is 2.52. The number of aliphatic hydroxyl groups is 1. The fourth-order valence-corrected chi connectivity index (χ4v) is 5.80. The Balaban J connectivity index is 1.43. The predicted molar refractivity (Wildman–Crippen MR) is 111 cm³/mol. The Kier molecular flexibility index (Phi) is 6.18. The molecule has 3 aliphatic rings. The Hall–Kier alpha value is -0.940. The molecule has 0 radical (unpaired) electrons. The molecule has 2 aliphatic heterocycles. The van der Waals surface area contributed by atoms with Gasteiger partial charge in [-0.1, -0.05) is 37.1 Å². The van der Waals surface area contributed by atoms with E-state index in [2.05, 4.69) is 46.4 Å². The Bertz CT molecular complexity index is 605. The van der Waals surface area contributed by atoms with E-state index in [0.29, 0.717) is 0 Å². The lowest BCUT2D eigenvalue weighted by atomic mass is 9.72. The van der Waals surface area contributed by atoms with Gasteiger partial charge in [-0.2, -0.15) is 0 Å². The molecule has 1 aromatic carbocycles. The van der Waals surface area contributed by atoms with Gasteiger partial charge in [-0.3, -0.25) is 4.90 Å². The molecule has 2 atom stereocenters. The molecule has 2 saturated heterocycles. The predicted octanol–water partition coefficient (Wildman–Crippen LogP) is 2.92. The Labute approximate surface area is 164 Å². The first kappa shape index (κ1) is 19.4. The largest absolute Gasteiger partial charge is 0.390 e. The molecule has 150 valence electrons. The van der Waals surface area contributed by atoms with Crippen molar-refractivity contribution in [3.05, 3.63) is 35.4 Å². The van der Waals surface area contributed by atoms with E-state index >= 15 is 0 Å². The molecule has 0 unspecified atom stereocenters. The molecule has 0 amide bonds. The first-order valence-corrected chi connectivity index (χ1v) is 11.1. The number of nitrogens with zero attached hydrogens (tertiary/aromatic N) is 2. The summed E-state index contributed by atoms with van der Waals surface area (Å²) in [6.07, 6.45) is 8.52. The topological polar surface area (TPSA) is 38.7 Å². The lowest BCUT2D eigenvalue weighted by molar-refractivity contribution is 0.00571. The Morgan fingerprint density at radius 1 is 1.11 bits per heavy atom. The van der Waals surface area contributed by atoms with Gasteiger partial charge in [-0.15, -0.1) is 0 Å². The molecule has 0 saturated carbocycles. The summed E-state index contributed by atoms with van der Waals surface area (Å²) in [5.74, 6) is 0. The summed E-state index contributed by atoms with van der Waals surface area (Å²) in [5.41, 5.74) is 2.72. The van der Waals surface area contributed by atoms with Gasteiger partial charge in [0.1, 0.15) is 0 Å². The summed E-state index contributed by atoms with van der Waals surface area (Å²) in [4.78, 5) is 5.08. The van der Waals surface area contributed by atoms with Crippen LogP contribution >= 0.6 is 0 Å². The molecule has 1 aromatic rings. The van der Waals surface area contributed by atoms with E-state index in [1.54, 1.807) is 0 Å². The zero-order valence-electron chi connectivity index (χ0n) is 17.0. The number of piperidine rings is 1. The average Bonchev–Trinajstić information content (AvgIpc) is 2.87. The lowest BCUT2D eigenvalue weighted by Crippen LogP contribution is -2.48. The van der Waals surface area contributed by atoms with Crippen molar-refractivity contribution in [3.8, 4) is 0 Å². The van der Waals surface area contributed by atoms with Crippen LogP contribution in [-0.2, 0) is 5.41 Å². The zero-order valence-corrected chi connectivity index (χ0v) is 17.0. The summed E-state index contributed by atoms with van der Waals surface area (Å²) >= 11 is 0. The van der Waals surface area contributed by atoms with Gasteiger partial charge in [-0.25, -0.2) is 0 Å². The number of hydrogen-bond donors (Lipinski definition) is 2. The lowest BCUT2D eigenvalue weighted by Gasteiger charge is -2.40. The molecule has 0 aromatic heterocycles. The van der Waals surface area contributed by atoms with Crippen molar-refractivity contribution in [2.24, 2.45) is 0 Å². The third-order valence-corrected chi connectivity index (χ3v) is 7.34. The highest BCUT2D eigenvalue weighted by molar-refractivity contribution is 5.45. The van der Waals surface area contributed by atoms with E-state index in [4.69, 9.17) is 0 Å². The van der Waals surface area contributed by atoms with Crippen LogP contribution in [0.1, 0.15) is 62.1 Å². The van der Waals surface area contributed by atoms with E-state index < -0.39 is 0 Å². The van der Waals surface area contributed by atoms with Crippen molar-refractivity contribution in [2.45, 2.75) is 62.5 Å². The third-order valence-electron chi connectivity index (χ3n) is 7.34. The van der Waals surface area contributed by atoms with Gasteiger partial charge in [0, 0.05) is 5.41 Å². The van der Waals surface area contributed by atoms with Crippen LogP contribution in [-0.4, -0.2) is 67.3 Å². The standard InChI is InChI=1S/C23H37N3O/c1-25(15-8-18-26-16-6-2-3-7-17-26)21-19-9-4-5-10-20(19)23(22(21)27)11-13-24-14-12-23/h4-5,9-10,21-22,24,27H,2-3,6-8,11-18H2,1H3/t21-,22+/m1/s1. The smallest absolute Gasteiger partial charge is 0.0834 e. The van der Waals surface area contributed by atoms with Gasteiger partial charge in [0.25, 0.3) is 0 Å². The molecular formula is C23H37N3O. The highest BCUT2D eigenvalue weighted by Crippen LogP contribution is 2.51. The van der Waals surface area contributed by atoms with Gasteiger partial charge in [0.15, 0.2) is 0 Å². The minimum absolute atomic E-state index is 0.0500. The van der Waals surface area contributed by atoms with Gasteiger partial charge in [-0.05, 0) is 89.5 Å². The van der Waals surface area contributed by atoms with E-state index in [0.717, 1.165) is 32.5 Å². The van der Waals surface area contributed by atoms with Crippen LogP contribution in [0.5, 0.6) is 0 Å². The van der Waals surface area contributed by atoms with Crippen molar-refractivity contribution in [2.75, 3.05) is 46.3 Å². The van der Waals surface area contributed by atoms with Crippen LogP contribution in [0, 0.1) is 0 Å². The van der Waals surface area contributed by atoms with E-state index in [1.807, 2.05) is 0 Å². The quantitative estimate of drug-likeness (QED) is 0.835. The third kappa shape index (κ3) is 3.82. The van der Waals surface area contributed by atoms with Crippen molar-refractivity contribution < 1.29 is 5.11 Å². The number of nitrogens with one attached hydrogen (secondary N) is 1. The molecular weight excluding hydrogens is 334 g/mol. The zero-order chi connectivity index (χ0) is 18.7. The van der Waals surface area contributed by atoms with Crippen molar-refractivity contribution in [1.29, 1.82) is 0 Å². The van der Waals surface area contributed by atoms with Crippen LogP contribution in [0.3, 0.4) is 0 Å². The fourth-order valence-electron chi connectivity index (χ4n) is 5.80. The maximum Gasteiger partial charge on any atom is 0.0834 e. The minimum Gasteiger partial charge on any atom is -0.390 e. The summed E-state index contributed by atoms with van der Waals surface area (Å²) in [7, 11) is 2.22. The monoisotopic (exact) mass is 371 g/mol. The summed E-state index contributed by atoms with van der Waals surface area (Å²) in [6, 6.07) is 8.96. The maximum absolute atomic E-state index is 11.5. The first-order chi connectivity index (χ1) is 13.2. The molecule has 1 aliphatic carbocycles. The molecule has 1 spiro atoms.